The molecule has 2 heterocycles. The second-order valence-corrected chi connectivity index (χ2v) is 8.87. The molecule has 5 rings (SSSR count). The van der Waals surface area contributed by atoms with Crippen LogP contribution in [0.2, 0.25) is 0 Å². The first-order valence-corrected chi connectivity index (χ1v) is 11.6. The lowest BCUT2D eigenvalue weighted by atomic mass is 9.94. The number of piperidine rings is 1. The van der Waals surface area contributed by atoms with E-state index >= 15 is 0 Å². The summed E-state index contributed by atoms with van der Waals surface area (Å²) >= 11 is 0. The van der Waals surface area contributed by atoms with Gasteiger partial charge in [0.15, 0.2) is 0 Å². The number of fused-ring (bicyclic) bond motifs is 1. The third kappa shape index (κ3) is 4.20. The molecule has 2 amide bonds. The zero-order chi connectivity index (χ0) is 21.9. The molecule has 1 N–H and O–H groups in total. The number of hydrogen-bond acceptors (Lipinski definition) is 3. The van der Waals surface area contributed by atoms with Crippen LogP contribution in [0.15, 0.2) is 72.8 Å². The molecular formula is C27H29N3O2. The molecule has 3 aromatic rings. The zero-order valence-corrected chi connectivity index (χ0v) is 18.2. The summed E-state index contributed by atoms with van der Waals surface area (Å²) < 4.78 is 0. The maximum absolute atomic E-state index is 13.2. The monoisotopic (exact) mass is 427 g/mol. The Morgan fingerprint density at radius 2 is 1.44 bits per heavy atom. The smallest absolute Gasteiger partial charge is 0.254 e. The Labute approximate surface area is 189 Å². The largest absolute Gasteiger partial charge is 0.380 e. The van der Waals surface area contributed by atoms with Gasteiger partial charge in [0.2, 0.25) is 5.91 Å². The van der Waals surface area contributed by atoms with E-state index in [1.165, 1.54) is 0 Å². The van der Waals surface area contributed by atoms with E-state index in [1.807, 2.05) is 70.5 Å². The van der Waals surface area contributed by atoms with Gasteiger partial charge in [-0.1, -0.05) is 54.6 Å². The Bertz CT molecular complexity index is 1100. The molecule has 2 aliphatic rings. The van der Waals surface area contributed by atoms with Gasteiger partial charge in [0.25, 0.3) is 5.91 Å². The van der Waals surface area contributed by atoms with Crippen molar-refractivity contribution in [2.75, 3.05) is 31.5 Å². The number of para-hydroxylation sites is 1. The molecule has 3 aromatic carbocycles. The minimum atomic E-state index is 0.0158. The number of carbonyl (C=O) groups excluding carboxylic acids is 2. The maximum atomic E-state index is 13.2. The van der Waals surface area contributed by atoms with Crippen LogP contribution in [0.1, 0.15) is 29.6 Å². The van der Waals surface area contributed by atoms with Crippen molar-refractivity contribution >= 4 is 28.3 Å². The van der Waals surface area contributed by atoms with Gasteiger partial charge in [-0.3, -0.25) is 9.59 Å². The number of amides is 2. The van der Waals surface area contributed by atoms with Crippen molar-refractivity contribution in [2.24, 2.45) is 5.92 Å². The van der Waals surface area contributed by atoms with Gasteiger partial charge in [-0.15, -0.1) is 0 Å². The van der Waals surface area contributed by atoms with Gasteiger partial charge >= 0.3 is 0 Å². The van der Waals surface area contributed by atoms with Gasteiger partial charge in [-0.2, -0.15) is 0 Å². The molecule has 0 bridgehead atoms. The Kier molecular flexibility index (Phi) is 5.80. The summed E-state index contributed by atoms with van der Waals surface area (Å²) in [5.41, 5.74) is 1.86. The molecule has 1 unspecified atom stereocenters. The third-order valence-electron chi connectivity index (χ3n) is 6.80. The molecule has 32 heavy (non-hydrogen) atoms. The normalized spacial score (nSPS) is 19.3. The van der Waals surface area contributed by atoms with Crippen LogP contribution in [0.3, 0.4) is 0 Å². The van der Waals surface area contributed by atoms with E-state index in [1.54, 1.807) is 0 Å². The van der Waals surface area contributed by atoms with Crippen molar-refractivity contribution in [2.45, 2.75) is 25.3 Å². The van der Waals surface area contributed by atoms with Crippen LogP contribution < -0.4 is 5.32 Å². The van der Waals surface area contributed by atoms with Gasteiger partial charge in [-0.25, -0.2) is 0 Å². The predicted octanol–water partition coefficient (Wildman–Crippen LogP) is 4.41. The van der Waals surface area contributed by atoms with E-state index < -0.39 is 0 Å². The second kappa shape index (κ2) is 9.03. The van der Waals surface area contributed by atoms with Gasteiger partial charge in [0.05, 0.1) is 0 Å². The number of nitrogens with one attached hydrogen (secondary N) is 1. The van der Waals surface area contributed by atoms with Crippen LogP contribution in [0, 0.1) is 5.92 Å². The summed E-state index contributed by atoms with van der Waals surface area (Å²) in [5.74, 6) is 0.336. The lowest BCUT2D eigenvalue weighted by Crippen LogP contribution is -2.44. The molecule has 2 fully saturated rings. The fourth-order valence-electron chi connectivity index (χ4n) is 5.02. The molecule has 2 aliphatic heterocycles. The summed E-state index contributed by atoms with van der Waals surface area (Å²) in [6.45, 7) is 2.83. The number of benzene rings is 3. The van der Waals surface area contributed by atoms with Crippen LogP contribution in [0.5, 0.6) is 0 Å². The number of nitrogens with zero attached hydrogens (tertiary/aromatic N) is 2. The average Bonchev–Trinajstić information content (AvgIpc) is 3.32. The summed E-state index contributed by atoms with van der Waals surface area (Å²) in [6, 6.07) is 24.4. The van der Waals surface area contributed by atoms with Crippen LogP contribution in [0.4, 0.5) is 5.69 Å². The molecule has 1 atom stereocenters. The molecule has 0 aliphatic carbocycles. The highest BCUT2D eigenvalue weighted by molar-refractivity contribution is 6.07. The van der Waals surface area contributed by atoms with Gasteiger partial charge in [0.1, 0.15) is 0 Å². The molecule has 0 spiro atoms. The van der Waals surface area contributed by atoms with E-state index in [9.17, 15) is 9.59 Å². The second-order valence-electron chi connectivity index (χ2n) is 8.87. The first kappa shape index (κ1) is 20.6. The number of anilines is 1. The fourth-order valence-corrected chi connectivity index (χ4v) is 5.02. The molecule has 0 aromatic heterocycles. The Morgan fingerprint density at radius 3 is 2.25 bits per heavy atom. The number of rotatable bonds is 4. The van der Waals surface area contributed by atoms with E-state index in [0.717, 1.165) is 54.4 Å². The highest BCUT2D eigenvalue weighted by atomic mass is 16.2. The lowest BCUT2D eigenvalue weighted by Gasteiger charge is -2.33. The average molecular weight is 428 g/mol. The Hall–Kier alpha value is -3.34. The van der Waals surface area contributed by atoms with E-state index in [-0.39, 0.29) is 17.7 Å². The standard InChI is InChI=1S/C27H29N3O2/c31-26(30-18-15-23(19-30)28-22-9-2-1-3-10-22)21-13-16-29(17-14-21)27(32)25-12-6-8-20-7-4-5-11-24(20)25/h1-12,21,23,28H,13-19H2. The van der Waals surface area contributed by atoms with Gasteiger partial charge < -0.3 is 15.1 Å². The predicted molar refractivity (Wildman–Crippen MR) is 128 cm³/mol. The summed E-state index contributed by atoms with van der Waals surface area (Å²) in [6.07, 6.45) is 2.45. The molecule has 2 saturated heterocycles. The molecule has 5 heteroatoms. The van der Waals surface area contributed by atoms with Crippen LogP contribution in [-0.4, -0.2) is 53.8 Å². The van der Waals surface area contributed by atoms with Crippen LogP contribution in [0.25, 0.3) is 10.8 Å². The molecule has 0 saturated carbocycles. The van der Waals surface area contributed by atoms with Crippen molar-refractivity contribution < 1.29 is 9.59 Å². The topological polar surface area (TPSA) is 52.7 Å². The maximum Gasteiger partial charge on any atom is 0.254 e. The number of carbonyl (C=O) groups is 2. The van der Waals surface area contributed by atoms with Crippen molar-refractivity contribution in [1.82, 2.24) is 9.80 Å². The van der Waals surface area contributed by atoms with Gasteiger partial charge in [0, 0.05) is 49.4 Å². The summed E-state index contributed by atoms with van der Waals surface area (Å²) in [5, 5.41) is 5.61. The van der Waals surface area contributed by atoms with E-state index in [0.29, 0.717) is 19.1 Å². The molecular weight excluding hydrogens is 398 g/mol. The SMILES string of the molecule is O=C(c1cccc2ccccc12)N1CCC(C(=O)N2CCC(Nc3ccccc3)C2)CC1. The highest BCUT2D eigenvalue weighted by Crippen LogP contribution is 2.26. The Balaban J connectivity index is 1.17. The number of likely N-dealkylation sites (tertiary alicyclic amines) is 2. The van der Waals surface area contributed by atoms with Crippen molar-refractivity contribution in [1.29, 1.82) is 0 Å². The summed E-state index contributed by atoms with van der Waals surface area (Å²) in [4.78, 5) is 30.2. The summed E-state index contributed by atoms with van der Waals surface area (Å²) in [7, 11) is 0. The fraction of sp³-hybridized carbons (Fsp3) is 0.333. The Morgan fingerprint density at radius 1 is 0.750 bits per heavy atom. The highest BCUT2D eigenvalue weighted by Gasteiger charge is 2.34. The first-order chi connectivity index (χ1) is 15.7. The third-order valence-corrected chi connectivity index (χ3v) is 6.80. The minimum Gasteiger partial charge on any atom is -0.380 e. The molecule has 5 nitrogen and oxygen atoms in total. The molecule has 164 valence electrons. The van der Waals surface area contributed by atoms with Crippen LogP contribution >= 0.6 is 0 Å². The van der Waals surface area contributed by atoms with Crippen molar-refractivity contribution in [3.8, 4) is 0 Å². The zero-order valence-electron chi connectivity index (χ0n) is 18.2. The van der Waals surface area contributed by atoms with Crippen molar-refractivity contribution in [3.63, 3.8) is 0 Å². The van der Waals surface area contributed by atoms with Gasteiger partial charge in [-0.05, 0) is 48.2 Å². The first-order valence-electron chi connectivity index (χ1n) is 11.6. The number of hydrogen-bond donors (Lipinski definition) is 1. The van der Waals surface area contributed by atoms with Crippen molar-refractivity contribution in [3.05, 3.63) is 78.4 Å². The lowest BCUT2D eigenvalue weighted by molar-refractivity contribution is -0.135. The van der Waals surface area contributed by atoms with E-state index in [2.05, 4.69) is 17.4 Å². The van der Waals surface area contributed by atoms with E-state index in [4.69, 9.17) is 0 Å². The van der Waals surface area contributed by atoms with Crippen LogP contribution in [-0.2, 0) is 4.79 Å². The molecule has 0 radical (unpaired) electrons. The minimum absolute atomic E-state index is 0.0158. The quantitative estimate of drug-likeness (QED) is 0.671.